The summed E-state index contributed by atoms with van der Waals surface area (Å²) in [5.41, 5.74) is 2.55. The summed E-state index contributed by atoms with van der Waals surface area (Å²) in [6.45, 7) is 9.32. The van der Waals surface area contributed by atoms with Crippen molar-refractivity contribution in [2.24, 2.45) is 10.9 Å². The standard InChI is InChI=1S/C24H34N6O/c1-3-26-24(28-13-10-19(2)22(17-28)29-14-12-25-18-29)27-11-6-9-23(31)30-15-20-7-4-5-8-21(20)16-30/h4-5,7-8,12,14,18-19,22H,3,6,9-11,13,15-17H2,1-2H3,(H,26,27). The maximum atomic E-state index is 12.6. The average Bonchev–Trinajstić information content (AvgIpc) is 3.46. The van der Waals surface area contributed by atoms with Gasteiger partial charge in [-0.1, -0.05) is 31.2 Å². The molecule has 1 aromatic carbocycles. The van der Waals surface area contributed by atoms with Gasteiger partial charge >= 0.3 is 0 Å². The number of guanidine groups is 1. The third-order valence-electron chi connectivity index (χ3n) is 6.46. The molecular weight excluding hydrogens is 388 g/mol. The molecule has 0 radical (unpaired) electrons. The fourth-order valence-electron chi connectivity index (χ4n) is 4.60. The van der Waals surface area contributed by atoms with Gasteiger partial charge in [0.25, 0.3) is 0 Å². The van der Waals surface area contributed by atoms with Gasteiger partial charge in [-0.15, -0.1) is 0 Å². The van der Waals surface area contributed by atoms with Gasteiger partial charge in [0.2, 0.25) is 5.91 Å². The van der Waals surface area contributed by atoms with E-state index in [0.29, 0.717) is 24.9 Å². The van der Waals surface area contributed by atoms with Crippen molar-refractivity contribution in [1.82, 2.24) is 24.7 Å². The van der Waals surface area contributed by atoms with E-state index in [-0.39, 0.29) is 5.91 Å². The summed E-state index contributed by atoms with van der Waals surface area (Å²) in [5, 5.41) is 3.44. The first-order chi connectivity index (χ1) is 15.2. The summed E-state index contributed by atoms with van der Waals surface area (Å²) in [6.07, 6.45) is 8.26. The van der Waals surface area contributed by atoms with E-state index in [1.807, 2.05) is 29.6 Å². The smallest absolute Gasteiger partial charge is 0.223 e. The lowest BCUT2D eigenvalue weighted by molar-refractivity contribution is -0.131. The highest BCUT2D eigenvalue weighted by Crippen LogP contribution is 2.27. The van der Waals surface area contributed by atoms with E-state index in [4.69, 9.17) is 4.99 Å². The molecule has 1 N–H and O–H groups in total. The first-order valence-electron chi connectivity index (χ1n) is 11.5. The molecule has 3 heterocycles. The normalized spacial score (nSPS) is 21.3. The monoisotopic (exact) mass is 422 g/mol. The number of fused-ring (bicyclic) bond motifs is 1. The lowest BCUT2D eigenvalue weighted by Gasteiger charge is -2.39. The van der Waals surface area contributed by atoms with Gasteiger partial charge in [-0.3, -0.25) is 9.79 Å². The number of aliphatic imine (C=N–C) groups is 1. The van der Waals surface area contributed by atoms with Gasteiger partial charge in [0.1, 0.15) is 0 Å². The summed E-state index contributed by atoms with van der Waals surface area (Å²) in [4.78, 5) is 26.0. The minimum absolute atomic E-state index is 0.225. The van der Waals surface area contributed by atoms with Crippen LogP contribution in [0.3, 0.4) is 0 Å². The van der Waals surface area contributed by atoms with E-state index in [0.717, 1.165) is 51.5 Å². The number of piperidine rings is 1. The SMILES string of the molecule is CCNC(=NCCCC(=O)N1Cc2ccccc2C1)N1CCC(C)C(n2ccnc2)C1. The Kier molecular flexibility index (Phi) is 6.89. The van der Waals surface area contributed by atoms with Gasteiger partial charge < -0.3 is 19.7 Å². The average molecular weight is 423 g/mol. The molecule has 2 aliphatic heterocycles. The number of carbonyl (C=O) groups excluding carboxylic acids is 1. The Balaban J connectivity index is 1.29. The van der Waals surface area contributed by atoms with Gasteiger partial charge in [0, 0.05) is 58.1 Å². The highest BCUT2D eigenvalue weighted by atomic mass is 16.2. The van der Waals surface area contributed by atoms with Crippen LogP contribution in [-0.4, -0.2) is 57.4 Å². The van der Waals surface area contributed by atoms with Gasteiger partial charge in [-0.2, -0.15) is 0 Å². The molecular formula is C24H34N6O. The van der Waals surface area contributed by atoms with Crippen LogP contribution in [0.2, 0.25) is 0 Å². The molecule has 166 valence electrons. The topological polar surface area (TPSA) is 65.8 Å². The maximum Gasteiger partial charge on any atom is 0.223 e. The number of nitrogens with zero attached hydrogens (tertiary/aromatic N) is 5. The van der Waals surface area contributed by atoms with E-state index in [1.165, 1.54) is 11.1 Å². The number of hydrogen-bond donors (Lipinski definition) is 1. The number of aromatic nitrogens is 2. The number of hydrogen-bond acceptors (Lipinski definition) is 3. The Bertz CT molecular complexity index is 868. The first kappa shape index (κ1) is 21.4. The van der Waals surface area contributed by atoms with E-state index < -0.39 is 0 Å². The zero-order valence-electron chi connectivity index (χ0n) is 18.7. The number of nitrogens with one attached hydrogen (secondary N) is 1. The van der Waals surface area contributed by atoms with Crippen molar-refractivity contribution in [3.8, 4) is 0 Å². The zero-order chi connectivity index (χ0) is 21.6. The number of imidazole rings is 1. The Morgan fingerprint density at radius 1 is 1.23 bits per heavy atom. The van der Waals surface area contributed by atoms with Gasteiger partial charge in [-0.05, 0) is 36.8 Å². The molecule has 2 aliphatic rings. The molecule has 0 aliphatic carbocycles. The first-order valence-corrected chi connectivity index (χ1v) is 11.5. The molecule has 1 aromatic heterocycles. The number of likely N-dealkylation sites (tertiary alicyclic amines) is 1. The quantitative estimate of drug-likeness (QED) is 0.441. The molecule has 0 spiro atoms. The fraction of sp³-hybridized carbons (Fsp3) is 0.542. The number of amides is 1. The van der Waals surface area contributed by atoms with E-state index in [9.17, 15) is 4.79 Å². The van der Waals surface area contributed by atoms with Crippen LogP contribution in [0.5, 0.6) is 0 Å². The minimum atomic E-state index is 0.225. The van der Waals surface area contributed by atoms with Crippen LogP contribution in [0.15, 0.2) is 48.0 Å². The van der Waals surface area contributed by atoms with Gasteiger partial charge in [-0.25, -0.2) is 4.98 Å². The van der Waals surface area contributed by atoms with Crippen molar-refractivity contribution in [3.05, 3.63) is 54.1 Å². The van der Waals surface area contributed by atoms with Gasteiger partial charge in [0.05, 0.1) is 12.4 Å². The van der Waals surface area contributed by atoms with Crippen LogP contribution in [-0.2, 0) is 17.9 Å². The van der Waals surface area contributed by atoms with E-state index in [1.54, 1.807) is 0 Å². The molecule has 2 aromatic rings. The van der Waals surface area contributed by atoms with Crippen molar-refractivity contribution in [1.29, 1.82) is 0 Å². The summed E-state index contributed by atoms with van der Waals surface area (Å²) >= 11 is 0. The fourth-order valence-corrected chi connectivity index (χ4v) is 4.60. The third kappa shape index (κ3) is 5.09. The lowest BCUT2D eigenvalue weighted by atomic mass is 9.93. The predicted molar refractivity (Wildman–Crippen MR) is 123 cm³/mol. The molecule has 7 heteroatoms. The Morgan fingerprint density at radius 2 is 2.00 bits per heavy atom. The van der Waals surface area contributed by atoms with E-state index in [2.05, 4.69) is 51.9 Å². The maximum absolute atomic E-state index is 12.6. The van der Waals surface area contributed by atoms with Crippen LogP contribution in [0.25, 0.3) is 0 Å². The summed E-state index contributed by atoms with van der Waals surface area (Å²) in [5.74, 6) is 1.79. The Labute approximate surface area is 185 Å². The summed E-state index contributed by atoms with van der Waals surface area (Å²) in [7, 11) is 0. The van der Waals surface area contributed by atoms with Crippen molar-refractivity contribution in [3.63, 3.8) is 0 Å². The van der Waals surface area contributed by atoms with Crippen molar-refractivity contribution < 1.29 is 4.79 Å². The molecule has 2 unspecified atom stereocenters. The second kappa shape index (κ2) is 9.98. The Morgan fingerprint density at radius 3 is 2.68 bits per heavy atom. The predicted octanol–water partition coefficient (Wildman–Crippen LogP) is 3.05. The van der Waals surface area contributed by atoms with Crippen molar-refractivity contribution in [2.45, 2.75) is 52.2 Å². The molecule has 4 rings (SSSR count). The summed E-state index contributed by atoms with van der Waals surface area (Å²) < 4.78 is 2.22. The lowest BCUT2D eigenvalue weighted by Crippen LogP contribution is -2.49. The highest BCUT2D eigenvalue weighted by molar-refractivity contribution is 5.80. The molecule has 0 saturated carbocycles. The van der Waals surface area contributed by atoms with Crippen molar-refractivity contribution >= 4 is 11.9 Å². The van der Waals surface area contributed by atoms with Crippen LogP contribution < -0.4 is 5.32 Å². The molecule has 0 bridgehead atoms. The number of carbonyl (C=O) groups is 1. The number of benzene rings is 1. The molecule has 1 fully saturated rings. The van der Waals surface area contributed by atoms with Gasteiger partial charge in [0.15, 0.2) is 5.96 Å². The Hall–Kier alpha value is -2.83. The second-order valence-electron chi connectivity index (χ2n) is 8.65. The number of rotatable bonds is 6. The van der Waals surface area contributed by atoms with Crippen LogP contribution in [0.4, 0.5) is 0 Å². The summed E-state index contributed by atoms with van der Waals surface area (Å²) in [6, 6.07) is 8.72. The zero-order valence-corrected chi connectivity index (χ0v) is 18.7. The molecule has 1 amide bonds. The third-order valence-corrected chi connectivity index (χ3v) is 6.46. The van der Waals surface area contributed by atoms with Crippen molar-refractivity contribution in [2.75, 3.05) is 26.2 Å². The highest BCUT2D eigenvalue weighted by Gasteiger charge is 2.29. The van der Waals surface area contributed by atoms with E-state index >= 15 is 0 Å². The van der Waals surface area contributed by atoms with Crippen LogP contribution >= 0.6 is 0 Å². The molecule has 7 nitrogen and oxygen atoms in total. The van der Waals surface area contributed by atoms with Crippen LogP contribution in [0.1, 0.15) is 50.3 Å². The second-order valence-corrected chi connectivity index (χ2v) is 8.65. The molecule has 1 saturated heterocycles. The molecule has 2 atom stereocenters. The van der Waals surface area contributed by atoms with Crippen LogP contribution in [0, 0.1) is 5.92 Å². The minimum Gasteiger partial charge on any atom is -0.357 e. The largest absolute Gasteiger partial charge is 0.357 e. The molecule has 31 heavy (non-hydrogen) atoms.